The maximum Gasteiger partial charge on any atom is 0.259 e. The van der Waals surface area contributed by atoms with Crippen LogP contribution in [-0.4, -0.2) is 79.6 Å². The van der Waals surface area contributed by atoms with E-state index in [1.165, 1.54) is 30.6 Å². The SMILES string of the molecule is COc1cccc(S(=O)(=O)N(C)C[C@@H]2Oc3ncc(-c4cc5ccccc5o4)cc3C(=O)N([C@H](C)CO)C[C@@H]2C)c1. The molecule has 0 bridgehead atoms. The zero-order valence-corrected chi connectivity index (χ0v) is 24.2. The van der Waals surface area contributed by atoms with Crippen LogP contribution in [0.2, 0.25) is 0 Å². The van der Waals surface area contributed by atoms with Crippen molar-refractivity contribution in [3.05, 3.63) is 72.4 Å². The number of aliphatic hydroxyl groups excluding tert-OH is 1. The second-order valence-electron chi connectivity index (χ2n) is 10.3. The molecule has 11 heteroatoms. The molecule has 41 heavy (non-hydrogen) atoms. The van der Waals surface area contributed by atoms with Crippen LogP contribution in [0.5, 0.6) is 11.6 Å². The molecule has 1 aliphatic rings. The van der Waals surface area contributed by atoms with E-state index in [0.29, 0.717) is 22.7 Å². The molecular formula is C30H33N3O7S. The highest BCUT2D eigenvalue weighted by Crippen LogP contribution is 2.33. The lowest BCUT2D eigenvalue weighted by Crippen LogP contribution is -2.50. The first-order valence-corrected chi connectivity index (χ1v) is 14.7. The molecule has 2 aromatic heterocycles. The second-order valence-corrected chi connectivity index (χ2v) is 12.4. The van der Waals surface area contributed by atoms with E-state index in [0.717, 1.165) is 5.39 Å². The number of para-hydroxylation sites is 1. The van der Waals surface area contributed by atoms with E-state index in [4.69, 9.17) is 13.9 Å². The van der Waals surface area contributed by atoms with Crippen molar-refractivity contribution in [2.24, 2.45) is 5.92 Å². The largest absolute Gasteiger partial charge is 0.497 e. The minimum atomic E-state index is -3.87. The number of hydrogen-bond donors (Lipinski definition) is 1. The number of carbonyl (C=O) groups excluding carboxylic acids is 1. The number of benzene rings is 2. The number of likely N-dealkylation sites (N-methyl/N-ethyl adjacent to an activating group) is 1. The van der Waals surface area contributed by atoms with Crippen molar-refractivity contribution in [3.63, 3.8) is 0 Å². The molecule has 3 heterocycles. The predicted octanol–water partition coefficient (Wildman–Crippen LogP) is 4.04. The molecule has 0 saturated carbocycles. The van der Waals surface area contributed by atoms with E-state index in [1.54, 1.807) is 36.2 Å². The van der Waals surface area contributed by atoms with Crippen LogP contribution < -0.4 is 9.47 Å². The molecular weight excluding hydrogens is 546 g/mol. The number of furan rings is 1. The lowest BCUT2D eigenvalue weighted by Gasteiger charge is -2.37. The van der Waals surface area contributed by atoms with Gasteiger partial charge >= 0.3 is 0 Å². The van der Waals surface area contributed by atoms with Crippen LogP contribution >= 0.6 is 0 Å². The molecule has 0 fully saturated rings. The molecule has 0 aliphatic carbocycles. The summed E-state index contributed by atoms with van der Waals surface area (Å²) < 4.78 is 45.6. The number of pyridine rings is 1. The van der Waals surface area contributed by atoms with Gasteiger partial charge in [-0.2, -0.15) is 4.31 Å². The van der Waals surface area contributed by atoms with E-state index in [-0.39, 0.29) is 47.9 Å². The summed E-state index contributed by atoms with van der Waals surface area (Å²) in [5.41, 5.74) is 1.51. The fraction of sp³-hybridized carbons (Fsp3) is 0.333. The summed E-state index contributed by atoms with van der Waals surface area (Å²) in [6.07, 6.45) is 0.925. The van der Waals surface area contributed by atoms with Gasteiger partial charge in [-0.05, 0) is 37.3 Å². The minimum absolute atomic E-state index is 0.00267. The van der Waals surface area contributed by atoms with Gasteiger partial charge in [0.1, 0.15) is 28.8 Å². The highest BCUT2D eigenvalue weighted by atomic mass is 32.2. The van der Waals surface area contributed by atoms with Crippen molar-refractivity contribution in [3.8, 4) is 23.0 Å². The Morgan fingerprint density at radius 1 is 1.17 bits per heavy atom. The Morgan fingerprint density at radius 3 is 2.68 bits per heavy atom. The quantitative estimate of drug-likeness (QED) is 0.332. The first-order chi connectivity index (χ1) is 19.6. The normalized spacial score (nSPS) is 18.5. The van der Waals surface area contributed by atoms with Crippen LogP contribution in [0.1, 0.15) is 24.2 Å². The zero-order chi connectivity index (χ0) is 29.3. The van der Waals surface area contributed by atoms with Crippen molar-refractivity contribution < 1.29 is 32.2 Å². The van der Waals surface area contributed by atoms with E-state index >= 15 is 0 Å². The highest BCUT2D eigenvalue weighted by Gasteiger charge is 2.36. The van der Waals surface area contributed by atoms with Crippen molar-refractivity contribution in [1.29, 1.82) is 0 Å². The number of aromatic nitrogens is 1. The summed E-state index contributed by atoms with van der Waals surface area (Å²) in [5.74, 6) is 0.442. The number of amides is 1. The number of fused-ring (bicyclic) bond motifs is 2. The standard InChI is InChI=1S/C30H33N3O7S/c1-19-16-33(20(2)18-34)30(35)25-12-22(27-13-21-8-5-6-11-26(21)39-27)15-31-29(25)40-28(19)17-32(3)41(36,37)24-10-7-9-23(14-24)38-4/h5-15,19-20,28,34H,16-18H2,1-4H3/t19-,20+,28-/m0/s1. The molecule has 0 spiro atoms. The molecule has 1 aliphatic heterocycles. The fourth-order valence-corrected chi connectivity index (χ4v) is 6.09. The lowest BCUT2D eigenvalue weighted by molar-refractivity contribution is 0.0373. The summed E-state index contributed by atoms with van der Waals surface area (Å²) in [6, 6.07) is 16.9. The molecule has 3 atom stereocenters. The summed E-state index contributed by atoms with van der Waals surface area (Å²) in [6.45, 7) is 3.65. The Morgan fingerprint density at radius 2 is 1.95 bits per heavy atom. The molecule has 216 valence electrons. The van der Waals surface area contributed by atoms with Gasteiger partial charge in [-0.3, -0.25) is 4.79 Å². The molecule has 1 amide bonds. The molecule has 0 unspecified atom stereocenters. The average Bonchev–Trinajstić information content (AvgIpc) is 3.42. The number of rotatable bonds is 8. The van der Waals surface area contributed by atoms with Crippen molar-refractivity contribution in [2.45, 2.75) is 30.9 Å². The summed E-state index contributed by atoms with van der Waals surface area (Å²) in [7, 11) is -0.909. The summed E-state index contributed by atoms with van der Waals surface area (Å²) >= 11 is 0. The molecule has 10 nitrogen and oxygen atoms in total. The number of ether oxygens (including phenoxy) is 2. The van der Waals surface area contributed by atoms with Crippen LogP contribution in [0, 0.1) is 5.92 Å². The lowest BCUT2D eigenvalue weighted by atomic mass is 10.00. The Bertz CT molecular complexity index is 1640. The van der Waals surface area contributed by atoms with Crippen molar-refractivity contribution in [2.75, 3.05) is 33.9 Å². The van der Waals surface area contributed by atoms with Crippen LogP contribution in [0.25, 0.3) is 22.3 Å². The molecule has 0 saturated heterocycles. The Kier molecular flexibility index (Phi) is 8.03. The number of sulfonamides is 1. The summed E-state index contributed by atoms with van der Waals surface area (Å²) in [5, 5.41) is 10.9. The Labute approximate surface area is 239 Å². The topological polar surface area (TPSA) is 122 Å². The van der Waals surface area contributed by atoms with Gasteiger partial charge in [0.05, 0.1) is 31.2 Å². The number of aliphatic hydroxyl groups is 1. The van der Waals surface area contributed by atoms with Gasteiger partial charge in [-0.15, -0.1) is 0 Å². The van der Waals surface area contributed by atoms with Gasteiger partial charge in [0, 0.05) is 42.7 Å². The van der Waals surface area contributed by atoms with Gasteiger partial charge in [0.25, 0.3) is 5.91 Å². The van der Waals surface area contributed by atoms with E-state index in [9.17, 15) is 18.3 Å². The third kappa shape index (κ3) is 5.65. The number of methoxy groups -OCH3 is 1. The second kappa shape index (κ2) is 11.5. The van der Waals surface area contributed by atoms with Crippen LogP contribution in [-0.2, 0) is 10.0 Å². The zero-order valence-electron chi connectivity index (χ0n) is 23.4. The van der Waals surface area contributed by atoms with Gasteiger partial charge in [0.2, 0.25) is 15.9 Å². The first-order valence-electron chi connectivity index (χ1n) is 13.3. The van der Waals surface area contributed by atoms with Crippen LogP contribution in [0.3, 0.4) is 0 Å². The number of carbonyl (C=O) groups is 1. The average molecular weight is 580 g/mol. The molecule has 2 aromatic carbocycles. The Balaban J connectivity index is 1.50. The number of nitrogens with zero attached hydrogens (tertiary/aromatic N) is 3. The van der Waals surface area contributed by atoms with Gasteiger partial charge in [0.15, 0.2) is 0 Å². The minimum Gasteiger partial charge on any atom is -0.497 e. The molecule has 4 aromatic rings. The molecule has 1 N–H and O–H groups in total. The van der Waals surface area contributed by atoms with E-state index in [2.05, 4.69) is 4.98 Å². The van der Waals surface area contributed by atoms with E-state index in [1.807, 2.05) is 37.3 Å². The number of hydrogen-bond acceptors (Lipinski definition) is 8. The van der Waals surface area contributed by atoms with Crippen LogP contribution in [0.15, 0.2) is 76.2 Å². The molecule has 5 rings (SSSR count). The monoisotopic (exact) mass is 579 g/mol. The van der Waals surface area contributed by atoms with Gasteiger partial charge in [-0.25, -0.2) is 13.4 Å². The van der Waals surface area contributed by atoms with Crippen LogP contribution in [0.4, 0.5) is 0 Å². The van der Waals surface area contributed by atoms with Crippen molar-refractivity contribution >= 4 is 26.9 Å². The summed E-state index contributed by atoms with van der Waals surface area (Å²) in [4.78, 5) is 19.9. The highest BCUT2D eigenvalue weighted by molar-refractivity contribution is 7.89. The third-order valence-electron chi connectivity index (χ3n) is 7.42. The maximum atomic E-state index is 13.8. The maximum absolute atomic E-state index is 13.8. The third-order valence-corrected chi connectivity index (χ3v) is 9.24. The van der Waals surface area contributed by atoms with E-state index < -0.39 is 22.2 Å². The van der Waals surface area contributed by atoms with Crippen molar-refractivity contribution in [1.82, 2.24) is 14.2 Å². The smallest absolute Gasteiger partial charge is 0.259 e. The Hall–Kier alpha value is -3.93. The predicted molar refractivity (Wildman–Crippen MR) is 153 cm³/mol. The molecule has 0 radical (unpaired) electrons. The fourth-order valence-electron chi connectivity index (χ4n) is 4.87. The van der Waals surface area contributed by atoms with Gasteiger partial charge < -0.3 is 23.9 Å². The first kappa shape index (κ1) is 28.6. The van der Waals surface area contributed by atoms with Gasteiger partial charge in [-0.1, -0.05) is 31.2 Å².